The van der Waals surface area contributed by atoms with Crippen LogP contribution >= 0.6 is 0 Å². The lowest BCUT2D eigenvalue weighted by atomic mass is 10.00. The van der Waals surface area contributed by atoms with Crippen LogP contribution in [-0.2, 0) is 14.3 Å². The molecule has 0 bridgehead atoms. The Bertz CT molecular complexity index is 311. The number of rotatable bonds is 8. The zero-order chi connectivity index (χ0) is 14.8. The van der Waals surface area contributed by atoms with Crippen LogP contribution in [0.2, 0.25) is 0 Å². The van der Waals surface area contributed by atoms with Crippen molar-refractivity contribution in [3.63, 3.8) is 0 Å². The van der Waals surface area contributed by atoms with Crippen molar-refractivity contribution in [1.82, 2.24) is 10.1 Å². The highest BCUT2D eigenvalue weighted by atomic mass is 16.5. The van der Waals surface area contributed by atoms with E-state index in [-0.39, 0.29) is 13.0 Å². The molecule has 0 rings (SSSR count). The van der Waals surface area contributed by atoms with Gasteiger partial charge in [-0.1, -0.05) is 26.2 Å². The van der Waals surface area contributed by atoms with E-state index in [1.165, 1.54) is 0 Å². The van der Waals surface area contributed by atoms with Gasteiger partial charge in [0.25, 0.3) is 5.91 Å². The van der Waals surface area contributed by atoms with Crippen LogP contribution in [0.1, 0.15) is 32.6 Å². The van der Waals surface area contributed by atoms with Gasteiger partial charge < -0.3 is 4.74 Å². The topological polar surface area (TPSA) is 113 Å². The maximum atomic E-state index is 11.9. The van der Waals surface area contributed by atoms with E-state index in [4.69, 9.17) is 11.0 Å². The first-order chi connectivity index (χ1) is 8.97. The fourth-order valence-corrected chi connectivity index (χ4v) is 1.59. The highest BCUT2D eigenvalue weighted by Gasteiger charge is 2.28. The molecular weight excluding hydrogens is 254 g/mol. The molecule has 3 N–H and O–H groups in total. The van der Waals surface area contributed by atoms with Gasteiger partial charge in [0, 0.05) is 0 Å². The van der Waals surface area contributed by atoms with Crippen molar-refractivity contribution in [1.29, 1.82) is 0 Å². The smallest absolute Gasteiger partial charge is 0.431 e. The van der Waals surface area contributed by atoms with Gasteiger partial charge in [-0.05, 0) is 6.42 Å². The van der Waals surface area contributed by atoms with E-state index in [0.717, 1.165) is 26.4 Å². The molecule has 0 spiro atoms. The predicted octanol–water partition coefficient (Wildman–Crippen LogP) is 0.499. The van der Waals surface area contributed by atoms with E-state index in [1.807, 2.05) is 6.92 Å². The third-order valence-corrected chi connectivity index (χ3v) is 2.64. The Morgan fingerprint density at radius 2 is 2.05 bits per heavy atom. The lowest BCUT2D eigenvalue weighted by molar-refractivity contribution is -0.156. The van der Waals surface area contributed by atoms with Crippen molar-refractivity contribution in [2.45, 2.75) is 32.6 Å². The summed E-state index contributed by atoms with van der Waals surface area (Å²) in [7, 11) is 1.10. The number of hydrazine groups is 1. The Kier molecular flexibility index (Phi) is 8.47. The Balaban J connectivity index is 4.65. The quantitative estimate of drug-likeness (QED) is 0.166. The number of hydroxylamine groups is 2. The molecule has 3 amide bonds. The SMILES string of the molecule is CCCCCC(CN(O)C=O)C(=O)N(N)C(=O)OC. The number of hydrogen-bond donors (Lipinski definition) is 2. The number of unbranched alkanes of at least 4 members (excludes halogenated alkanes) is 2. The van der Waals surface area contributed by atoms with Crippen LogP contribution in [0.15, 0.2) is 0 Å². The fraction of sp³-hybridized carbons (Fsp3) is 0.727. The van der Waals surface area contributed by atoms with Crippen molar-refractivity contribution in [3.05, 3.63) is 0 Å². The number of nitrogens with zero attached hydrogens (tertiary/aromatic N) is 2. The minimum Gasteiger partial charge on any atom is -0.451 e. The average Bonchev–Trinajstić information content (AvgIpc) is 2.43. The summed E-state index contributed by atoms with van der Waals surface area (Å²) in [6.07, 6.45) is 2.22. The summed E-state index contributed by atoms with van der Waals surface area (Å²) in [5.74, 6) is 3.88. The molecule has 1 unspecified atom stereocenters. The normalized spacial score (nSPS) is 11.6. The molecule has 0 aliphatic heterocycles. The predicted molar refractivity (Wildman–Crippen MR) is 65.6 cm³/mol. The van der Waals surface area contributed by atoms with Crippen LogP contribution in [0.5, 0.6) is 0 Å². The van der Waals surface area contributed by atoms with Crippen LogP contribution in [0.3, 0.4) is 0 Å². The Labute approximate surface area is 112 Å². The molecule has 8 nitrogen and oxygen atoms in total. The van der Waals surface area contributed by atoms with Crippen LogP contribution in [0.25, 0.3) is 0 Å². The molecular formula is C11H21N3O5. The Hall–Kier alpha value is -1.67. The third kappa shape index (κ3) is 6.16. The number of hydrogen-bond acceptors (Lipinski definition) is 6. The fourth-order valence-electron chi connectivity index (χ4n) is 1.59. The summed E-state index contributed by atoms with van der Waals surface area (Å²) in [5.41, 5.74) is 0. The summed E-state index contributed by atoms with van der Waals surface area (Å²) in [6.45, 7) is 1.79. The van der Waals surface area contributed by atoms with E-state index in [0.29, 0.717) is 16.5 Å². The summed E-state index contributed by atoms with van der Waals surface area (Å²) >= 11 is 0. The van der Waals surface area contributed by atoms with Gasteiger partial charge in [0.05, 0.1) is 19.6 Å². The zero-order valence-corrected chi connectivity index (χ0v) is 11.2. The average molecular weight is 275 g/mol. The number of carbonyl (C=O) groups excluding carboxylic acids is 3. The third-order valence-electron chi connectivity index (χ3n) is 2.64. The van der Waals surface area contributed by atoms with E-state index < -0.39 is 17.9 Å². The molecule has 0 fully saturated rings. The number of carbonyl (C=O) groups is 3. The van der Waals surface area contributed by atoms with Gasteiger partial charge in [-0.3, -0.25) is 14.8 Å². The standard InChI is InChI=1S/C11H21N3O5/c1-3-4-5-6-9(7-13(18)8-15)10(16)14(12)11(17)19-2/h8-9,18H,3-7,12H2,1-2H3. The van der Waals surface area contributed by atoms with Crippen LogP contribution in [0, 0.1) is 5.92 Å². The second-order valence-electron chi connectivity index (χ2n) is 4.10. The Morgan fingerprint density at radius 3 is 2.53 bits per heavy atom. The molecule has 0 aromatic carbocycles. The highest BCUT2D eigenvalue weighted by Crippen LogP contribution is 2.13. The van der Waals surface area contributed by atoms with Gasteiger partial charge in [0.2, 0.25) is 6.41 Å². The second-order valence-corrected chi connectivity index (χ2v) is 4.10. The van der Waals surface area contributed by atoms with Gasteiger partial charge in [-0.15, -0.1) is 0 Å². The first kappa shape index (κ1) is 17.3. The van der Waals surface area contributed by atoms with Crippen LogP contribution in [-0.4, -0.2) is 47.3 Å². The molecule has 8 heteroatoms. The maximum Gasteiger partial charge on any atom is 0.431 e. The Morgan fingerprint density at radius 1 is 1.42 bits per heavy atom. The number of nitrogens with two attached hydrogens (primary N) is 1. The van der Waals surface area contributed by atoms with Crippen molar-refractivity contribution < 1.29 is 24.3 Å². The van der Waals surface area contributed by atoms with Crippen molar-refractivity contribution >= 4 is 18.4 Å². The molecule has 0 aromatic rings. The van der Waals surface area contributed by atoms with E-state index in [1.54, 1.807) is 0 Å². The number of amides is 3. The highest BCUT2D eigenvalue weighted by molar-refractivity contribution is 5.92. The molecule has 0 saturated carbocycles. The minimum atomic E-state index is -0.985. The molecule has 0 radical (unpaired) electrons. The van der Waals surface area contributed by atoms with Gasteiger partial charge in [0.15, 0.2) is 0 Å². The molecule has 1 atom stereocenters. The number of ether oxygens (including phenoxy) is 1. The van der Waals surface area contributed by atoms with Crippen LogP contribution < -0.4 is 5.84 Å². The maximum absolute atomic E-state index is 11.9. The van der Waals surface area contributed by atoms with E-state index >= 15 is 0 Å². The van der Waals surface area contributed by atoms with E-state index in [9.17, 15) is 14.4 Å². The summed E-state index contributed by atoms with van der Waals surface area (Å²) in [6, 6.07) is 0. The second kappa shape index (κ2) is 9.29. The lowest BCUT2D eigenvalue weighted by Gasteiger charge is -2.22. The van der Waals surface area contributed by atoms with Gasteiger partial charge >= 0.3 is 6.09 Å². The monoisotopic (exact) mass is 275 g/mol. The zero-order valence-electron chi connectivity index (χ0n) is 11.2. The molecule has 0 heterocycles. The van der Waals surface area contributed by atoms with E-state index in [2.05, 4.69) is 4.74 Å². The molecule has 0 saturated heterocycles. The summed E-state index contributed by atoms with van der Waals surface area (Å²) in [5, 5.41) is 9.87. The lowest BCUT2D eigenvalue weighted by Crippen LogP contribution is -2.48. The van der Waals surface area contributed by atoms with Crippen molar-refractivity contribution in [2.24, 2.45) is 11.8 Å². The summed E-state index contributed by atoms with van der Waals surface area (Å²) < 4.78 is 4.34. The molecule has 19 heavy (non-hydrogen) atoms. The molecule has 0 aliphatic rings. The number of imide groups is 1. The number of methoxy groups -OCH3 is 1. The largest absolute Gasteiger partial charge is 0.451 e. The first-order valence-corrected chi connectivity index (χ1v) is 6.05. The van der Waals surface area contributed by atoms with Crippen molar-refractivity contribution in [2.75, 3.05) is 13.7 Å². The summed E-state index contributed by atoms with van der Waals surface area (Å²) in [4.78, 5) is 33.5. The molecule has 110 valence electrons. The molecule has 0 aliphatic carbocycles. The minimum absolute atomic E-state index is 0.194. The first-order valence-electron chi connectivity index (χ1n) is 6.05. The van der Waals surface area contributed by atoms with Gasteiger partial charge in [-0.2, -0.15) is 5.01 Å². The van der Waals surface area contributed by atoms with Crippen LogP contribution in [0.4, 0.5) is 4.79 Å². The van der Waals surface area contributed by atoms with Crippen molar-refractivity contribution in [3.8, 4) is 0 Å². The molecule has 0 aromatic heterocycles. The van der Waals surface area contributed by atoms with Gasteiger partial charge in [0.1, 0.15) is 0 Å². The van der Waals surface area contributed by atoms with Gasteiger partial charge in [-0.25, -0.2) is 15.7 Å².